The van der Waals surface area contributed by atoms with Gasteiger partial charge in [0.25, 0.3) is 0 Å². The molecule has 10 heteroatoms. The number of aromatic nitrogens is 2. The maximum atomic E-state index is 13.4. The first kappa shape index (κ1) is 23.6. The molecule has 2 aliphatic heterocycles. The molecular weight excluding hydrogens is 493 g/mol. The van der Waals surface area contributed by atoms with Crippen molar-refractivity contribution in [1.82, 2.24) is 19.4 Å². The molecule has 0 radical (unpaired) electrons. The second-order valence-electron chi connectivity index (χ2n) is 8.97. The number of piperidine rings is 1. The number of hydrogen-bond acceptors (Lipinski definition) is 5. The van der Waals surface area contributed by atoms with Crippen LogP contribution in [0.5, 0.6) is 0 Å². The minimum Gasteiger partial charge on any atom is -0.382 e. The van der Waals surface area contributed by atoms with Crippen LogP contribution in [0.15, 0.2) is 47.4 Å². The van der Waals surface area contributed by atoms with E-state index in [0.717, 1.165) is 54.1 Å². The fourth-order valence-electron chi connectivity index (χ4n) is 4.69. The zero-order chi connectivity index (χ0) is 23.9. The molecule has 1 fully saturated rings. The number of H-pyrrole nitrogens is 1. The van der Waals surface area contributed by atoms with E-state index >= 15 is 0 Å². The Morgan fingerprint density at radius 2 is 1.71 bits per heavy atom. The van der Waals surface area contributed by atoms with Crippen molar-refractivity contribution in [2.24, 2.45) is 0 Å². The third-order valence-electron chi connectivity index (χ3n) is 6.66. The van der Waals surface area contributed by atoms with Crippen LogP contribution in [-0.4, -0.2) is 60.5 Å². The minimum absolute atomic E-state index is 0.0452. The SMILES string of the molecule is CN1CCC(Nc2ccc(-c3n[nH]c4c3CN(S(=O)(=O)c3c(Cl)cccc3Cl)CC4)cc2)CC1. The highest BCUT2D eigenvalue weighted by atomic mass is 35.5. The quantitative estimate of drug-likeness (QED) is 0.513. The third kappa shape index (κ3) is 4.57. The van der Waals surface area contributed by atoms with Gasteiger partial charge in [-0.15, -0.1) is 0 Å². The van der Waals surface area contributed by atoms with Crippen molar-refractivity contribution in [3.05, 3.63) is 63.8 Å². The standard InChI is InChI=1S/C24H27Cl2N5O2S/c1-30-12-9-18(10-13-30)27-17-7-5-16(6-8-17)23-19-15-31(14-11-22(19)28-29-23)34(32,33)24-20(25)3-2-4-21(24)26/h2-8,18,27H,9-15H2,1H3,(H,28,29). The number of benzene rings is 2. The fourth-order valence-corrected chi connectivity index (χ4v) is 7.19. The van der Waals surface area contributed by atoms with Crippen molar-refractivity contribution in [2.45, 2.75) is 36.7 Å². The van der Waals surface area contributed by atoms with Gasteiger partial charge in [0, 0.05) is 48.1 Å². The summed E-state index contributed by atoms with van der Waals surface area (Å²) in [6.45, 7) is 2.75. The molecule has 0 atom stereocenters. The van der Waals surface area contributed by atoms with E-state index in [-0.39, 0.29) is 21.5 Å². The molecular formula is C24H27Cl2N5O2S. The zero-order valence-corrected chi connectivity index (χ0v) is 21.2. The van der Waals surface area contributed by atoms with E-state index in [1.165, 1.54) is 4.31 Å². The van der Waals surface area contributed by atoms with Crippen molar-refractivity contribution in [2.75, 3.05) is 32.0 Å². The maximum absolute atomic E-state index is 13.4. The van der Waals surface area contributed by atoms with Crippen LogP contribution in [0.2, 0.25) is 10.0 Å². The van der Waals surface area contributed by atoms with Gasteiger partial charge < -0.3 is 10.2 Å². The number of halogens is 2. The topological polar surface area (TPSA) is 81.3 Å². The summed E-state index contributed by atoms with van der Waals surface area (Å²) in [6, 6.07) is 13.4. The molecule has 3 heterocycles. The average molecular weight is 520 g/mol. The number of aromatic amines is 1. The van der Waals surface area contributed by atoms with Gasteiger partial charge in [-0.3, -0.25) is 5.10 Å². The molecule has 0 spiro atoms. The second-order valence-corrected chi connectivity index (χ2v) is 11.7. The van der Waals surface area contributed by atoms with E-state index in [0.29, 0.717) is 19.0 Å². The summed E-state index contributed by atoms with van der Waals surface area (Å²) in [5.74, 6) is 0. The maximum Gasteiger partial charge on any atom is 0.246 e. The highest BCUT2D eigenvalue weighted by Crippen LogP contribution is 2.36. The monoisotopic (exact) mass is 519 g/mol. The molecule has 0 bridgehead atoms. The van der Waals surface area contributed by atoms with Crippen molar-refractivity contribution >= 4 is 38.9 Å². The first-order valence-corrected chi connectivity index (χ1v) is 13.6. The number of hydrogen-bond donors (Lipinski definition) is 2. The van der Waals surface area contributed by atoms with Gasteiger partial charge in [-0.05, 0) is 57.2 Å². The second kappa shape index (κ2) is 9.51. The first-order valence-electron chi connectivity index (χ1n) is 11.4. The van der Waals surface area contributed by atoms with E-state index < -0.39 is 10.0 Å². The summed E-state index contributed by atoms with van der Waals surface area (Å²) in [7, 11) is -1.70. The normalized spacial score (nSPS) is 18.1. The van der Waals surface area contributed by atoms with Crippen molar-refractivity contribution in [1.29, 1.82) is 0 Å². The number of fused-ring (bicyclic) bond motifs is 1. The minimum atomic E-state index is -3.86. The van der Waals surface area contributed by atoms with Crippen molar-refractivity contribution < 1.29 is 8.42 Å². The molecule has 0 saturated carbocycles. The Morgan fingerprint density at radius 1 is 1.03 bits per heavy atom. The molecule has 7 nitrogen and oxygen atoms in total. The van der Waals surface area contributed by atoms with Gasteiger partial charge in [-0.25, -0.2) is 8.42 Å². The molecule has 34 heavy (non-hydrogen) atoms. The molecule has 5 rings (SSSR count). The Hall–Kier alpha value is -2.10. The van der Waals surface area contributed by atoms with Gasteiger partial charge >= 0.3 is 0 Å². The molecule has 1 saturated heterocycles. The van der Waals surface area contributed by atoms with Crippen LogP contribution in [0.3, 0.4) is 0 Å². The number of nitrogens with zero attached hydrogens (tertiary/aromatic N) is 3. The van der Waals surface area contributed by atoms with Crippen molar-refractivity contribution in [3.63, 3.8) is 0 Å². The summed E-state index contributed by atoms with van der Waals surface area (Å²) in [5, 5.41) is 11.5. The van der Waals surface area contributed by atoms with E-state index in [9.17, 15) is 8.42 Å². The lowest BCUT2D eigenvalue weighted by Gasteiger charge is -2.30. The molecule has 1 aromatic heterocycles. The van der Waals surface area contributed by atoms with Gasteiger partial charge in [0.1, 0.15) is 4.90 Å². The Kier molecular flexibility index (Phi) is 6.61. The van der Waals surface area contributed by atoms with Gasteiger partial charge in [0.15, 0.2) is 0 Å². The highest BCUT2D eigenvalue weighted by molar-refractivity contribution is 7.89. The van der Waals surface area contributed by atoms with Gasteiger partial charge in [0.05, 0.1) is 15.7 Å². The van der Waals surface area contributed by atoms with Gasteiger partial charge in [-0.1, -0.05) is 41.4 Å². The molecule has 2 aliphatic rings. The van der Waals surface area contributed by atoms with Crippen molar-refractivity contribution in [3.8, 4) is 11.3 Å². The summed E-state index contributed by atoms with van der Waals surface area (Å²) >= 11 is 12.4. The third-order valence-corrected chi connectivity index (χ3v) is 9.46. The van der Waals surface area contributed by atoms with E-state index in [4.69, 9.17) is 23.2 Å². The Morgan fingerprint density at radius 3 is 2.38 bits per heavy atom. The van der Waals surface area contributed by atoms with Crippen LogP contribution in [0.1, 0.15) is 24.1 Å². The highest BCUT2D eigenvalue weighted by Gasteiger charge is 2.34. The van der Waals surface area contributed by atoms with E-state index in [1.807, 2.05) is 12.1 Å². The lowest BCUT2D eigenvalue weighted by molar-refractivity contribution is 0.264. The first-order chi connectivity index (χ1) is 16.3. The predicted octanol–water partition coefficient (Wildman–Crippen LogP) is 4.64. The fraction of sp³-hybridized carbons (Fsp3) is 0.375. The summed E-state index contributed by atoms with van der Waals surface area (Å²) in [5.41, 5.74) is 4.64. The van der Waals surface area contributed by atoms with Crippen LogP contribution in [0.4, 0.5) is 5.69 Å². The van der Waals surface area contributed by atoms with E-state index in [1.54, 1.807) is 18.2 Å². The smallest absolute Gasteiger partial charge is 0.246 e. The Labute approximate surface area is 210 Å². The van der Waals surface area contributed by atoms with Crippen LogP contribution in [0, 0.1) is 0 Å². The number of likely N-dealkylation sites (tertiary alicyclic amines) is 1. The Bertz CT molecular complexity index is 1260. The van der Waals surface area contributed by atoms with Crippen LogP contribution in [0.25, 0.3) is 11.3 Å². The average Bonchev–Trinajstić information content (AvgIpc) is 3.24. The number of sulfonamides is 1. The van der Waals surface area contributed by atoms with Crippen LogP contribution >= 0.6 is 23.2 Å². The largest absolute Gasteiger partial charge is 0.382 e. The predicted molar refractivity (Wildman–Crippen MR) is 136 cm³/mol. The zero-order valence-electron chi connectivity index (χ0n) is 18.9. The molecule has 2 aromatic carbocycles. The van der Waals surface area contributed by atoms with Gasteiger partial charge in [-0.2, -0.15) is 9.40 Å². The summed E-state index contributed by atoms with van der Waals surface area (Å²) in [6.07, 6.45) is 2.80. The molecule has 2 N–H and O–H groups in total. The summed E-state index contributed by atoms with van der Waals surface area (Å²) in [4.78, 5) is 2.31. The molecule has 180 valence electrons. The van der Waals surface area contributed by atoms with Gasteiger partial charge in [0.2, 0.25) is 10.0 Å². The number of anilines is 1. The number of nitrogens with one attached hydrogen (secondary N) is 2. The molecule has 0 unspecified atom stereocenters. The number of rotatable bonds is 5. The Balaban J connectivity index is 1.36. The van der Waals surface area contributed by atoms with Crippen LogP contribution in [-0.2, 0) is 23.0 Å². The van der Waals surface area contributed by atoms with E-state index in [2.05, 4.69) is 39.6 Å². The molecule has 3 aromatic rings. The molecule has 0 aliphatic carbocycles. The molecule has 0 amide bonds. The summed E-state index contributed by atoms with van der Waals surface area (Å²) < 4.78 is 28.2. The lowest BCUT2D eigenvalue weighted by atomic mass is 10.0. The van der Waals surface area contributed by atoms with Crippen LogP contribution < -0.4 is 5.32 Å². The lowest BCUT2D eigenvalue weighted by Crippen LogP contribution is -2.36.